The van der Waals surface area contributed by atoms with Crippen molar-refractivity contribution in [2.24, 2.45) is 10.2 Å². The van der Waals surface area contributed by atoms with Gasteiger partial charge in [0.1, 0.15) is 20.7 Å². The largest absolute Gasteiger partial charge is 1.00 e. The third kappa shape index (κ3) is 6.67. The van der Waals surface area contributed by atoms with Crippen LogP contribution in [0, 0.1) is 10.1 Å². The van der Waals surface area contributed by atoms with E-state index in [1.165, 1.54) is 7.11 Å². The molecule has 0 aliphatic rings. The third-order valence-corrected chi connectivity index (χ3v) is 6.10. The van der Waals surface area contributed by atoms with Gasteiger partial charge in [0, 0.05) is 6.07 Å². The summed E-state index contributed by atoms with van der Waals surface area (Å²) < 4.78 is 72.4. The number of azo groups is 1. The summed E-state index contributed by atoms with van der Waals surface area (Å²) >= 11 is 0. The quantitative estimate of drug-likeness (QED) is 0.0759. The van der Waals surface area contributed by atoms with Crippen molar-refractivity contribution in [2.75, 3.05) is 12.8 Å². The van der Waals surface area contributed by atoms with Crippen molar-refractivity contribution >= 4 is 53.8 Å². The monoisotopic (exact) mass is 542 g/mol. The molecule has 0 radical (unpaired) electrons. The average molecular weight is 542 g/mol. The molecule has 0 amide bonds. The van der Waals surface area contributed by atoms with E-state index in [-0.39, 0.29) is 87.0 Å². The summed E-state index contributed by atoms with van der Waals surface area (Å²) in [7, 11) is -8.95. The molecule has 0 saturated heterocycles. The van der Waals surface area contributed by atoms with Gasteiger partial charge in [-0.15, -0.1) is 10.2 Å². The number of methoxy groups -OCH3 is 1. The van der Waals surface area contributed by atoms with Gasteiger partial charge in [0.15, 0.2) is 5.75 Å². The number of nitro benzene ring substituents is 1. The summed E-state index contributed by atoms with van der Waals surface area (Å²) in [6, 6.07) is 5.47. The van der Waals surface area contributed by atoms with Crippen molar-refractivity contribution in [1.82, 2.24) is 0 Å². The van der Waals surface area contributed by atoms with Gasteiger partial charge in [-0.25, -0.2) is 8.42 Å². The second-order valence-corrected chi connectivity index (χ2v) is 9.14. The smallest absolute Gasteiger partial charge is 0.871 e. The summed E-state index contributed by atoms with van der Waals surface area (Å²) in [6.07, 6.45) is 0. The minimum absolute atomic E-state index is 0. The minimum Gasteiger partial charge on any atom is -0.871 e. The van der Waals surface area contributed by atoms with E-state index in [1.807, 2.05) is 0 Å². The number of nitro groups is 1. The van der Waals surface area contributed by atoms with Gasteiger partial charge in [-0.2, -0.15) is 8.42 Å². The van der Waals surface area contributed by atoms with E-state index in [2.05, 4.69) is 10.2 Å². The number of nitrogen functional groups attached to an aromatic ring is 1. The number of anilines is 1. The molecule has 0 aliphatic carbocycles. The molecular formula is C17H12N4Na2O10S2. The van der Waals surface area contributed by atoms with Crippen LogP contribution in [-0.4, -0.2) is 38.0 Å². The van der Waals surface area contributed by atoms with Crippen molar-refractivity contribution in [1.29, 1.82) is 0 Å². The van der Waals surface area contributed by atoms with Crippen molar-refractivity contribution in [2.45, 2.75) is 9.79 Å². The van der Waals surface area contributed by atoms with Crippen LogP contribution in [0.5, 0.6) is 11.5 Å². The van der Waals surface area contributed by atoms with Gasteiger partial charge in [-0.3, -0.25) is 14.7 Å². The average Bonchev–Trinajstić information content (AvgIpc) is 2.71. The molecule has 0 saturated carbocycles. The number of nitrogens with two attached hydrogens (primary N) is 1. The fourth-order valence-corrected chi connectivity index (χ4v) is 4.13. The second-order valence-electron chi connectivity index (χ2n) is 6.41. The molecule has 174 valence electrons. The number of benzene rings is 3. The third-order valence-electron chi connectivity index (χ3n) is 4.34. The SMILES string of the molecule is COc1cc([N+](=O)[O-])ccc1N=Nc1c(S(=O)(=O)[O-])cc2cc(S(=O)(=O)O)c(N)cc2c1[O-].[Na+].[Na+]. The van der Waals surface area contributed by atoms with E-state index in [9.17, 15) is 41.2 Å². The Labute approximate surface area is 242 Å². The van der Waals surface area contributed by atoms with Gasteiger partial charge in [0.25, 0.3) is 15.8 Å². The van der Waals surface area contributed by atoms with E-state index in [1.54, 1.807) is 0 Å². The molecule has 35 heavy (non-hydrogen) atoms. The Hall–Kier alpha value is -1.86. The van der Waals surface area contributed by atoms with Crippen LogP contribution in [0.3, 0.4) is 0 Å². The predicted octanol–water partition coefficient (Wildman–Crippen LogP) is -4.01. The van der Waals surface area contributed by atoms with Crippen molar-refractivity contribution in [3.8, 4) is 11.5 Å². The van der Waals surface area contributed by atoms with E-state index in [0.717, 1.165) is 30.3 Å². The van der Waals surface area contributed by atoms with Crippen LogP contribution in [0.4, 0.5) is 22.7 Å². The number of nitrogens with zero attached hydrogens (tertiary/aromatic N) is 3. The Morgan fingerprint density at radius 1 is 1.03 bits per heavy atom. The predicted molar refractivity (Wildman–Crippen MR) is 109 cm³/mol. The standard InChI is InChI=1S/C17H14N4O10S2.2Na/c1-31-13-6-9(21(23)24)2-3-12(13)19-20-16-15(33(28,29)30)5-8-4-14(32(25,26)27)11(18)7-10(8)17(16)22;;/h2-7,22H,18H2,1H3,(H,25,26,27)(H,28,29,30);;/q;2*+1/p-2. The van der Waals surface area contributed by atoms with Gasteiger partial charge in [0.05, 0.1) is 34.4 Å². The zero-order valence-corrected chi connectivity index (χ0v) is 24.0. The molecule has 0 unspecified atom stereocenters. The van der Waals surface area contributed by atoms with Crippen LogP contribution in [0.15, 0.2) is 56.4 Å². The van der Waals surface area contributed by atoms with Gasteiger partial charge in [-0.1, -0.05) is 5.75 Å². The molecule has 3 N–H and O–H groups in total. The Balaban J connectivity index is 0.00000306. The topological polar surface area (TPSA) is 238 Å². The van der Waals surface area contributed by atoms with E-state index in [0.29, 0.717) is 6.07 Å². The molecule has 0 bridgehead atoms. The summed E-state index contributed by atoms with van der Waals surface area (Å²) in [5.74, 6) is -1.25. The Morgan fingerprint density at radius 3 is 2.14 bits per heavy atom. The Kier molecular flexibility index (Phi) is 10.2. The van der Waals surface area contributed by atoms with Crippen LogP contribution >= 0.6 is 0 Å². The van der Waals surface area contributed by atoms with E-state index in [4.69, 9.17) is 10.5 Å². The van der Waals surface area contributed by atoms with E-state index < -0.39 is 52.1 Å². The summed E-state index contributed by atoms with van der Waals surface area (Å²) in [6.45, 7) is 0. The number of ether oxygens (including phenoxy) is 1. The molecule has 0 aromatic heterocycles. The fourth-order valence-electron chi connectivity index (χ4n) is 2.85. The molecule has 3 aromatic rings. The molecule has 0 atom stereocenters. The molecule has 0 aliphatic heterocycles. The Bertz CT molecular complexity index is 1560. The zero-order chi connectivity index (χ0) is 24.7. The number of non-ortho nitro benzene ring substituents is 1. The first-order chi connectivity index (χ1) is 15.2. The number of hydrogen-bond donors (Lipinski definition) is 2. The molecule has 18 heteroatoms. The van der Waals surface area contributed by atoms with Gasteiger partial charge in [0.2, 0.25) is 0 Å². The van der Waals surface area contributed by atoms with Gasteiger partial charge >= 0.3 is 59.1 Å². The van der Waals surface area contributed by atoms with Gasteiger partial charge in [-0.05, 0) is 35.0 Å². The molecule has 0 heterocycles. The maximum atomic E-state index is 12.9. The second kappa shape index (κ2) is 11.5. The molecule has 14 nitrogen and oxygen atoms in total. The number of hydrogen-bond acceptors (Lipinski definition) is 12. The minimum atomic E-state index is -5.31. The summed E-state index contributed by atoms with van der Waals surface area (Å²) in [4.78, 5) is 8.28. The van der Waals surface area contributed by atoms with Crippen LogP contribution < -0.4 is 74.7 Å². The van der Waals surface area contributed by atoms with Crippen molar-refractivity contribution in [3.05, 3.63) is 46.5 Å². The number of fused-ring (bicyclic) bond motifs is 1. The summed E-state index contributed by atoms with van der Waals surface area (Å²) in [5.41, 5.74) is 3.69. The maximum Gasteiger partial charge on any atom is 1.00 e. The maximum absolute atomic E-state index is 12.9. The zero-order valence-electron chi connectivity index (χ0n) is 18.3. The first-order valence-corrected chi connectivity index (χ1v) is 11.3. The molecule has 0 fully saturated rings. The van der Waals surface area contributed by atoms with Crippen molar-refractivity contribution < 1.29 is 99.8 Å². The first kappa shape index (κ1) is 31.2. The normalized spacial score (nSPS) is 11.6. The molecule has 3 rings (SSSR count). The van der Waals surface area contributed by atoms with Crippen LogP contribution in [0.2, 0.25) is 0 Å². The number of rotatable bonds is 6. The fraction of sp³-hybridized carbons (Fsp3) is 0.0588. The summed E-state index contributed by atoms with van der Waals surface area (Å²) in [5, 5.41) is 30.4. The van der Waals surface area contributed by atoms with Crippen LogP contribution in [0.25, 0.3) is 10.8 Å². The molecular weight excluding hydrogens is 530 g/mol. The molecule has 3 aromatic carbocycles. The molecule has 0 spiro atoms. The first-order valence-electron chi connectivity index (χ1n) is 8.49. The van der Waals surface area contributed by atoms with Gasteiger partial charge < -0.3 is 20.1 Å². The van der Waals surface area contributed by atoms with Crippen molar-refractivity contribution in [3.63, 3.8) is 0 Å². The Morgan fingerprint density at radius 2 is 1.63 bits per heavy atom. The van der Waals surface area contributed by atoms with E-state index >= 15 is 0 Å². The van der Waals surface area contributed by atoms with Crippen LogP contribution in [0.1, 0.15) is 0 Å². The van der Waals surface area contributed by atoms with Crippen LogP contribution in [-0.2, 0) is 20.2 Å².